The Balaban J connectivity index is 1.90. The van der Waals surface area contributed by atoms with Gasteiger partial charge in [0.15, 0.2) is 0 Å². The predicted octanol–water partition coefficient (Wildman–Crippen LogP) is 4.75. The summed E-state index contributed by atoms with van der Waals surface area (Å²) >= 11 is 0. The summed E-state index contributed by atoms with van der Waals surface area (Å²) in [5.41, 5.74) is 6.20. The van der Waals surface area contributed by atoms with E-state index in [2.05, 4.69) is 70.6 Å². The zero-order chi connectivity index (χ0) is 14.1. The molecule has 2 nitrogen and oxygen atoms in total. The molecule has 2 aromatic heterocycles. The van der Waals surface area contributed by atoms with Crippen LogP contribution in [0, 0.1) is 0 Å². The number of aromatic nitrogens is 2. The highest BCUT2D eigenvalue weighted by atomic mass is 14.8. The number of para-hydroxylation sites is 1. The van der Waals surface area contributed by atoms with Crippen molar-refractivity contribution in [1.82, 2.24) is 9.97 Å². The minimum absolute atomic E-state index is 0.907. The Hall–Kier alpha value is -2.74. The van der Waals surface area contributed by atoms with Gasteiger partial charge in [0.05, 0.1) is 0 Å². The normalized spacial score (nSPS) is 11.0. The molecule has 102 valence electrons. The van der Waals surface area contributed by atoms with Gasteiger partial charge < -0.3 is 9.97 Å². The maximum Gasteiger partial charge on any atom is 0.0478 e. The summed E-state index contributed by atoms with van der Waals surface area (Å²) in [7, 11) is 0. The van der Waals surface area contributed by atoms with Gasteiger partial charge in [0.2, 0.25) is 0 Å². The van der Waals surface area contributed by atoms with Crippen molar-refractivity contribution in [3.8, 4) is 11.3 Å². The van der Waals surface area contributed by atoms with Crippen LogP contribution in [0.3, 0.4) is 0 Å². The fourth-order valence-electron chi connectivity index (χ4n) is 2.92. The van der Waals surface area contributed by atoms with Crippen LogP contribution in [0.15, 0.2) is 72.9 Å². The lowest BCUT2D eigenvalue weighted by molar-refractivity contribution is 1.12. The van der Waals surface area contributed by atoms with Crippen LogP contribution in [0.5, 0.6) is 0 Å². The van der Waals surface area contributed by atoms with Gasteiger partial charge in [0.1, 0.15) is 0 Å². The third kappa shape index (κ3) is 2.15. The largest absolute Gasteiger partial charge is 0.361 e. The SMILES string of the molecule is c1ccc(Cc2[nH]c3ccccc3c2-c2ccc[nH]2)cc1. The van der Waals surface area contributed by atoms with Crippen molar-refractivity contribution in [3.05, 3.63) is 84.2 Å². The molecular formula is C19H16N2. The molecule has 21 heavy (non-hydrogen) atoms. The Morgan fingerprint density at radius 1 is 0.762 bits per heavy atom. The van der Waals surface area contributed by atoms with E-state index in [1.165, 1.54) is 33.4 Å². The van der Waals surface area contributed by atoms with Gasteiger partial charge in [0, 0.05) is 40.5 Å². The second-order valence-corrected chi connectivity index (χ2v) is 5.27. The van der Waals surface area contributed by atoms with Gasteiger partial charge in [-0.05, 0) is 23.8 Å². The molecule has 2 heteroatoms. The molecule has 2 N–H and O–H groups in total. The minimum Gasteiger partial charge on any atom is -0.361 e. The van der Waals surface area contributed by atoms with E-state index in [0.29, 0.717) is 0 Å². The Morgan fingerprint density at radius 2 is 1.57 bits per heavy atom. The monoisotopic (exact) mass is 272 g/mol. The van der Waals surface area contributed by atoms with E-state index in [1.54, 1.807) is 0 Å². The molecule has 0 aliphatic rings. The van der Waals surface area contributed by atoms with E-state index in [4.69, 9.17) is 0 Å². The van der Waals surface area contributed by atoms with E-state index >= 15 is 0 Å². The third-order valence-electron chi connectivity index (χ3n) is 3.87. The molecule has 0 radical (unpaired) electrons. The summed E-state index contributed by atoms with van der Waals surface area (Å²) in [5.74, 6) is 0. The zero-order valence-electron chi connectivity index (χ0n) is 11.6. The molecule has 0 fully saturated rings. The molecule has 0 atom stereocenters. The number of fused-ring (bicyclic) bond motifs is 1. The molecule has 4 aromatic rings. The first-order chi connectivity index (χ1) is 10.4. The summed E-state index contributed by atoms with van der Waals surface area (Å²) in [6, 6.07) is 23.2. The lowest BCUT2D eigenvalue weighted by atomic mass is 10.0. The van der Waals surface area contributed by atoms with Gasteiger partial charge in [-0.1, -0.05) is 48.5 Å². The average molecular weight is 272 g/mol. The van der Waals surface area contributed by atoms with Crippen molar-refractivity contribution in [2.75, 3.05) is 0 Å². The molecule has 0 saturated heterocycles. The van der Waals surface area contributed by atoms with Gasteiger partial charge in [-0.25, -0.2) is 0 Å². The van der Waals surface area contributed by atoms with Crippen LogP contribution in [-0.4, -0.2) is 9.97 Å². The molecule has 0 bridgehead atoms. The van der Waals surface area contributed by atoms with E-state index in [1.807, 2.05) is 12.3 Å². The summed E-state index contributed by atoms with van der Waals surface area (Å²) < 4.78 is 0. The van der Waals surface area contributed by atoms with Gasteiger partial charge in [-0.2, -0.15) is 0 Å². The predicted molar refractivity (Wildman–Crippen MR) is 87.3 cm³/mol. The van der Waals surface area contributed by atoms with Crippen molar-refractivity contribution >= 4 is 10.9 Å². The summed E-state index contributed by atoms with van der Waals surface area (Å²) in [6.07, 6.45) is 2.88. The molecule has 0 amide bonds. The van der Waals surface area contributed by atoms with E-state index < -0.39 is 0 Å². The standard InChI is InChI=1S/C19H16N2/c1-2-7-14(8-3-1)13-18-19(17-11-6-12-20-17)15-9-4-5-10-16(15)21-18/h1-12,20-21H,13H2. The number of hydrogen-bond acceptors (Lipinski definition) is 0. The minimum atomic E-state index is 0.907. The smallest absolute Gasteiger partial charge is 0.0478 e. The number of benzene rings is 2. The maximum absolute atomic E-state index is 3.58. The maximum atomic E-state index is 3.58. The van der Waals surface area contributed by atoms with Crippen LogP contribution in [0.1, 0.15) is 11.3 Å². The molecule has 4 rings (SSSR count). The summed E-state index contributed by atoms with van der Waals surface area (Å²) in [5, 5.41) is 1.27. The highest BCUT2D eigenvalue weighted by Crippen LogP contribution is 2.32. The zero-order valence-corrected chi connectivity index (χ0v) is 11.6. The Morgan fingerprint density at radius 3 is 2.38 bits per heavy atom. The lowest BCUT2D eigenvalue weighted by Crippen LogP contribution is -1.91. The molecule has 0 unspecified atom stereocenters. The molecule has 0 spiro atoms. The van der Waals surface area contributed by atoms with Gasteiger partial charge in [-0.3, -0.25) is 0 Å². The van der Waals surface area contributed by atoms with Gasteiger partial charge in [0.25, 0.3) is 0 Å². The summed E-state index contributed by atoms with van der Waals surface area (Å²) in [6.45, 7) is 0. The lowest BCUT2D eigenvalue weighted by Gasteiger charge is -2.04. The van der Waals surface area contributed by atoms with Crippen molar-refractivity contribution in [3.63, 3.8) is 0 Å². The average Bonchev–Trinajstić information content (AvgIpc) is 3.14. The van der Waals surface area contributed by atoms with Crippen molar-refractivity contribution in [2.24, 2.45) is 0 Å². The van der Waals surface area contributed by atoms with E-state index in [9.17, 15) is 0 Å². The second kappa shape index (κ2) is 4.98. The van der Waals surface area contributed by atoms with Crippen LogP contribution in [0.4, 0.5) is 0 Å². The Labute approximate surface area is 123 Å². The Bertz CT molecular complexity index is 855. The number of nitrogens with one attached hydrogen (secondary N) is 2. The molecule has 2 heterocycles. The fourth-order valence-corrected chi connectivity index (χ4v) is 2.92. The van der Waals surface area contributed by atoms with Crippen LogP contribution >= 0.6 is 0 Å². The number of rotatable bonds is 3. The van der Waals surface area contributed by atoms with Crippen LogP contribution in [0.2, 0.25) is 0 Å². The van der Waals surface area contributed by atoms with Gasteiger partial charge in [-0.15, -0.1) is 0 Å². The first kappa shape index (κ1) is 12.0. The molecule has 0 aliphatic heterocycles. The molecule has 0 saturated carbocycles. The third-order valence-corrected chi connectivity index (χ3v) is 3.87. The Kier molecular flexibility index (Phi) is 2.86. The fraction of sp³-hybridized carbons (Fsp3) is 0.0526. The highest BCUT2D eigenvalue weighted by molar-refractivity contribution is 5.96. The quantitative estimate of drug-likeness (QED) is 0.539. The summed E-state index contributed by atoms with van der Waals surface area (Å²) in [4.78, 5) is 6.92. The van der Waals surface area contributed by atoms with E-state index in [0.717, 1.165) is 6.42 Å². The molecule has 0 aliphatic carbocycles. The topological polar surface area (TPSA) is 31.6 Å². The van der Waals surface area contributed by atoms with Crippen molar-refractivity contribution < 1.29 is 0 Å². The number of hydrogen-bond donors (Lipinski definition) is 2. The van der Waals surface area contributed by atoms with Crippen LogP contribution in [0.25, 0.3) is 22.2 Å². The molecular weight excluding hydrogens is 256 g/mol. The van der Waals surface area contributed by atoms with Crippen molar-refractivity contribution in [1.29, 1.82) is 0 Å². The van der Waals surface area contributed by atoms with Gasteiger partial charge >= 0.3 is 0 Å². The van der Waals surface area contributed by atoms with E-state index in [-0.39, 0.29) is 0 Å². The first-order valence-electron chi connectivity index (χ1n) is 7.19. The van der Waals surface area contributed by atoms with Crippen LogP contribution < -0.4 is 0 Å². The van der Waals surface area contributed by atoms with Crippen LogP contribution in [-0.2, 0) is 6.42 Å². The highest BCUT2D eigenvalue weighted by Gasteiger charge is 2.13. The number of H-pyrrole nitrogens is 2. The first-order valence-corrected chi connectivity index (χ1v) is 7.19. The second-order valence-electron chi connectivity index (χ2n) is 5.27. The van der Waals surface area contributed by atoms with Crippen molar-refractivity contribution in [2.45, 2.75) is 6.42 Å². The molecule has 2 aromatic carbocycles. The number of aromatic amines is 2.